The van der Waals surface area contributed by atoms with Crippen LogP contribution < -0.4 is 10.6 Å². The monoisotopic (exact) mass is 499 g/mol. The summed E-state index contributed by atoms with van der Waals surface area (Å²) in [6.07, 6.45) is -1.96. The van der Waals surface area contributed by atoms with Gasteiger partial charge in [-0.2, -0.15) is 18.2 Å². The number of hydrogen-bond acceptors (Lipinski definition) is 6. The lowest BCUT2D eigenvalue weighted by molar-refractivity contribution is -0.136. The number of nitrogens with one attached hydrogen (secondary N) is 2. The van der Waals surface area contributed by atoms with E-state index in [1.54, 1.807) is 18.3 Å². The van der Waals surface area contributed by atoms with Gasteiger partial charge < -0.3 is 15.2 Å². The van der Waals surface area contributed by atoms with Gasteiger partial charge in [0.25, 0.3) is 5.91 Å². The van der Waals surface area contributed by atoms with Crippen molar-refractivity contribution in [3.63, 3.8) is 0 Å². The van der Waals surface area contributed by atoms with Gasteiger partial charge in [-0.25, -0.2) is 4.39 Å². The molecule has 0 saturated heterocycles. The van der Waals surface area contributed by atoms with Crippen LogP contribution in [0.5, 0.6) is 0 Å². The predicted molar refractivity (Wildman–Crippen MR) is 120 cm³/mol. The number of nitrogens with zero attached hydrogens (tertiary/aromatic N) is 3. The summed E-state index contributed by atoms with van der Waals surface area (Å²) in [5, 5.41) is 8.24. The molecule has 8 nitrogen and oxygen atoms in total. The van der Waals surface area contributed by atoms with E-state index in [1.165, 1.54) is 30.5 Å². The first-order valence-corrected chi connectivity index (χ1v) is 10.5. The molecule has 0 unspecified atom stereocenters. The summed E-state index contributed by atoms with van der Waals surface area (Å²) in [4.78, 5) is 32.7. The molecule has 0 aliphatic heterocycles. The topological polar surface area (TPSA) is 110 Å². The molecular weight excluding hydrogens is 482 g/mol. The lowest BCUT2D eigenvalue weighted by Crippen LogP contribution is -2.18. The van der Waals surface area contributed by atoms with Gasteiger partial charge in [0.05, 0.1) is 16.8 Å². The number of pyridine rings is 1. The van der Waals surface area contributed by atoms with E-state index in [0.717, 1.165) is 12.1 Å². The Morgan fingerprint density at radius 3 is 2.53 bits per heavy atom. The third kappa shape index (κ3) is 5.90. The Morgan fingerprint density at radius 2 is 1.81 bits per heavy atom. The second-order valence-corrected chi connectivity index (χ2v) is 7.49. The van der Waals surface area contributed by atoms with E-state index in [9.17, 15) is 27.2 Å². The molecule has 0 fully saturated rings. The van der Waals surface area contributed by atoms with Crippen molar-refractivity contribution in [2.24, 2.45) is 0 Å². The Labute approximate surface area is 201 Å². The lowest BCUT2D eigenvalue weighted by Gasteiger charge is -2.16. The molecular formula is C24H17F4N5O3. The van der Waals surface area contributed by atoms with E-state index in [2.05, 4.69) is 25.8 Å². The van der Waals surface area contributed by atoms with Gasteiger partial charge in [-0.1, -0.05) is 17.3 Å². The number of benzene rings is 2. The third-order valence-electron chi connectivity index (χ3n) is 4.93. The van der Waals surface area contributed by atoms with Crippen LogP contribution in [-0.2, 0) is 17.4 Å². The van der Waals surface area contributed by atoms with Gasteiger partial charge in [0.2, 0.25) is 17.6 Å². The number of alkyl halides is 3. The molecule has 0 aliphatic rings. The molecule has 2 N–H and O–H groups in total. The van der Waals surface area contributed by atoms with Gasteiger partial charge in [0.1, 0.15) is 5.82 Å². The van der Waals surface area contributed by atoms with Gasteiger partial charge in [0.15, 0.2) is 0 Å². The highest BCUT2D eigenvalue weighted by Crippen LogP contribution is 2.37. The Morgan fingerprint density at radius 1 is 1.00 bits per heavy atom. The lowest BCUT2D eigenvalue weighted by atomic mass is 10.1. The second-order valence-electron chi connectivity index (χ2n) is 7.49. The van der Waals surface area contributed by atoms with Crippen LogP contribution in [0.15, 0.2) is 71.5 Å². The highest BCUT2D eigenvalue weighted by molar-refractivity contribution is 6.04. The molecule has 4 rings (SSSR count). The molecule has 0 aliphatic carbocycles. The van der Waals surface area contributed by atoms with Gasteiger partial charge in [-0.15, -0.1) is 0 Å². The standard InChI is InChI=1S/C24H17F4N5O3/c25-18-6-2-1-5-16(18)23(35)30-15-7-8-19(17(12-15)24(26,27)28)31-20(34)9-10-21-32-22(33-36-21)14-4-3-11-29-13-14/h1-8,11-13H,9-10H2,(H,30,35)(H,31,34). The van der Waals surface area contributed by atoms with Crippen molar-refractivity contribution in [1.82, 2.24) is 15.1 Å². The second kappa shape index (κ2) is 10.3. The van der Waals surface area contributed by atoms with Crippen LogP contribution in [-0.4, -0.2) is 26.9 Å². The van der Waals surface area contributed by atoms with Crippen LogP contribution in [0.1, 0.15) is 28.2 Å². The van der Waals surface area contributed by atoms with Crippen LogP contribution in [0, 0.1) is 5.82 Å². The van der Waals surface area contributed by atoms with E-state index >= 15 is 0 Å². The van der Waals surface area contributed by atoms with Crippen LogP contribution in [0.25, 0.3) is 11.4 Å². The van der Waals surface area contributed by atoms with E-state index in [4.69, 9.17) is 4.52 Å². The number of hydrogen-bond donors (Lipinski definition) is 2. The Balaban J connectivity index is 1.43. The van der Waals surface area contributed by atoms with Gasteiger partial charge in [-0.3, -0.25) is 14.6 Å². The maximum absolute atomic E-state index is 13.8. The Hall–Kier alpha value is -4.61. The van der Waals surface area contributed by atoms with Crippen molar-refractivity contribution in [3.8, 4) is 11.4 Å². The summed E-state index contributed by atoms with van der Waals surface area (Å²) in [6.45, 7) is 0. The minimum absolute atomic E-state index is 0.00275. The van der Waals surface area contributed by atoms with Crippen molar-refractivity contribution in [1.29, 1.82) is 0 Å². The van der Waals surface area contributed by atoms with Crippen LogP contribution in [0.3, 0.4) is 0 Å². The van der Waals surface area contributed by atoms with Crippen molar-refractivity contribution < 1.29 is 31.7 Å². The van der Waals surface area contributed by atoms with Gasteiger partial charge in [0, 0.05) is 36.5 Å². The molecule has 0 spiro atoms. The maximum atomic E-state index is 13.8. The summed E-state index contributed by atoms with van der Waals surface area (Å²) in [6, 6.07) is 11.3. The zero-order valence-electron chi connectivity index (χ0n) is 18.3. The normalized spacial score (nSPS) is 11.2. The number of halogens is 4. The molecule has 2 aromatic heterocycles. The fourth-order valence-electron chi connectivity index (χ4n) is 3.21. The number of anilines is 2. The predicted octanol–water partition coefficient (Wildman–Crippen LogP) is 5.11. The zero-order valence-corrected chi connectivity index (χ0v) is 18.3. The largest absolute Gasteiger partial charge is 0.418 e. The first-order valence-electron chi connectivity index (χ1n) is 10.5. The molecule has 0 saturated carbocycles. The molecule has 0 atom stereocenters. The molecule has 36 heavy (non-hydrogen) atoms. The van der Waals surface area contributed by atoms with Gasteiger partial charge >= 0.3 is 6.18 Å². The van der Waals surface area contributed by atoms with Crippen molar-refractivity contribution >= 4 is 23.2 Å². The minimum atomic E-state index is -4.84. The summed E-state index contributed by atoms with van der Waals surface area (Å²) >= 11 is 0. The smallest absolute Gasteiger partial charge is 0.339 e. The van der Waals surface area contributed by atoms with Crippen molar-refractivity contribution in [3.05, 3.63) is 89.8 Å². The van der Waals surface area contributed by atoms with E-state index in [0.29, 0.717) is 11.6 Å². The van der Waals surface area contributed by atoms with Crippen LogP contribution in [0.4, 0.5) is 28.9 Å². The molecule has 4 aromatic rings. The molecule has 2 aromatic carbocycles. The fraction of sp³-hybridized carbons (Fsp3) is 0.125. The number of aryl methyl sites for hydroxylation is 1. The number of rotatable bonds is 7. The number of carbonyl (C=O) groups is 2. The summed E-state index contributed by atoms with van der Waals surface area (Å²) < 4.78 is 59.8. The van der Waals surface area contributed by atoms with Crippen LogP contribution >= 0.6 is 0 Å². The number of amides is 2. The molecule has 12 heteroatoms. The zero-order chi connectivity index (χ0) is 25.7. The molecule has 0 radical (unpaired) electrons. The SMILES string of the molecule is O=C(CCc1nc(-c2cccnc2)no1)Nc1ccc(NC(=O)c2ccccc2F)cc1C(F)(F)F. The average molecular weight is 499 g/mol. The Bertz CT molecular complexity index is 1390. The van der Waals surface area contributed by atoms with E-state index in [1.807, 2.05) is 0 Å². The number of aromatic nitrogens is 3. The summed E-state index contributed by atoms with van der Waals surface area (Å²) in [5.41, 5.74) is -1.62. The first kappa shape index (κ1) is 24.5. The van der Waals surface area contributed by atoms with Crippen LogP contribution in [0.2, 0.25) is 0 Å². The van der Waals surface area contributed by atoms with Crippen molar-refractivity contribution in [2.45, 2.75) is 19.0 Å². The molecule has 2 amide bonds. The average Bonchev–Trinajstić information content (AvgIpc) is 3.33. The third-order valence-corrected chi connectivity index (χ3v) is 4.93. The van der Waals surface area contributed by atoms with Gasteiger partial charge in [-0.05, 0) is 42.5 Å². The van der Waals surface area contributed by atoms with E-state index < -0.39 is 35.1 Å². The highest BCUT2D eigenvalue weighted by Gasteiger charge is 2.34. The highest BCUT2D eigenvalue weighted by atomic mass is 19.4. The Kier molecular flexibility index (Phi) is 7.04. The fourth-order valence-corrected chi connectivity index (χ4v) is 3.21. The van der Waals surface area contributed by atoms with Crippen molar-refractivity contribution in [2.75, 3.05) is 10.6 Å². The molecule has 0 bridgehead atoms. The quantitative estimate of drug-likeness (QED) is 0.342. The van der Waals surface area contributed by atoms with E-state index in [-0.39, 0.29) is 35.8 Å². The number of carbonyl (C=O) groups excluding carboxylic acids is 2. The maximum Gasteiger partial charge on any atom is 0.418 e. The minimum Gasteiger partial charge on any atom is -0.339 e. The molecule has 184 valence electrons. The summed E-state index contributed by atoms with van der Waals surface area (Å²) in [5.74, 6) is -2.05. The summed E-state index contributed by atoms with van der Waals surface area (Å²) in [7, 11) is 0. The first-order chi connectivity index (χ1) is 17.2. The molecule has 2 heterocycles.